The molecule has 1 aromatic carbocycles. The lowest BCUT2D eigenvalue weighted by molar-refractivity contribution is 0.376. The molecule has 1 unspecified atom stereocenters. The Labute approximate surface area is 104 Å². The molecule has 0 aliphatic rings. The van der Waals surface area contributed by atoms with Crippen molar-refractivity contribution >= 4 is 5.69 Å². The fraction of sp³-hybridized carbons (Fsp3) is 0.571. The summed E-state index contributed by atoms with van der Waals surface area (Å²) in [5.41, 5.74) is 1.06. The van der Waals surface area contributed by atoms with Gasteiger partial charge in [0, 0.05) is 19.3 Å². The van der Waals surface area contributed by atoms with Crippen molar-refractivity contribution in [2.45, 2.75) is 13.8 Å². The lowest BCUT2D eigenvalue weighted by Crippen LogP contribution is -2.34. The highest BCUT2D eigenvalue weighted by atomic mass is 19.1. The van der Waals surface area contributed by atoms with Gasteiger partial charge in [-0.15, -0.1) is 0 Å². The van der Waals surface area contributed by atoms with E-state index in [1.807, 2.05) is 19.2 Å². The summed E-state index contributed by atoms with van der Waals surface area (Å²) in [6, 6.07) is 6.67. The van der Waals surface area contributed by atoms with E-state index in [-0.39, 0.29) is 5.82 Å². The lowest BCUT2D eigenvalue weighted by atomic mass is 9.95. The Morgan fingerprint density at radius 1 is 1.24 bits per heavy atom. The number of benzene rings is 1. The first-order valence-electron chi connectivity index (χ1n) is 6.16. The van der Waals surface area contributed by atoms with E-state index in [1.165, 1.54) is 12.1 Å². The Hall–Kier alpha value is -1.09. The van der Waals surface area contributed by atoms with Gasteiger partial charge in [0.1, 0.15) is 5.82 Å². The van der Waals surface area contributed by atoms with Gasteiger partial charge in [0.15, 0.2) is 0 Å². The topological polar surface area (TPSA) is 15.3 Å². The first-order chi connectivity index (χ1) is 8.04. The first kappa shape index (κ1) is 14.0. The highest BCUT2D eigenvalue weighted by molar-refractivity contribution is 5.45. The SMILES string of the molecule is CNCC(CN(C)c1ccc(F)cc1)C(C)C. The van der Waals surface area contributed by atoms with Crippen molar-refractivity contribution < 1.29 is 4.39 Å². The zero-order valence-corrected chi connectivity index (χ0v) is 11.2. The molecule has 1 atom stereocenters. The largest absolute Gasteiger partial charge is 0.374 e. The fourth-order valence-corrected chi connectivity index (χ4v) is 1.93. The number of nitrogens with one attached hydrogen (secondary N) is 1. The van der Waals surface area contributed by atoms with E-state index in [4.69, 9.17) is 0 Å². The molecule has 0 heterocycles. The van der Waals surface area contributed by atoms with Gasteiger partial charge < -0.3 is 10.2 Å². The normalized spacial score (nSPS) is 12.8. The van der Waals surface area contributed by atoms with Crippen molar-refractivity contribution in [3.05, 3.63) is 30.1 Å². The summed E-state index contributed by atoms with van der Waals surface area (Å²) in [5, 5.41) is 3.23. The summed E-state index contributed by atoms with van der Waals surface area (Å²) in [5.74, 6) is 1.04. The van der Waals surface area contributed by atoms with Crippen LogP contribution in [-0.4, -0.2) is 27.2 Å². The second-order valence-corrected chi connectivity index (χ2v) is 4.92. The van der Waals surface area contributed by atoms with Crippen LogP contribution in [0.15, 0.2) is 24.3 Å². The molecule has 0 bridgehead atoms. The van der Waals surface area contributed by atoms with Gasteiger partial charge in [0.25, 0.3) is 0 Å². The average Bonchev–Trinajstić information content (AvgIpc) is 2.29. The van der Waals surface area contributed by atoms with Gasteiger partial charge in [-0.1, -0.05) is 13.8 Å². The van der Waals surface area contributed by atoms with Crippen molar-refractivity contribution in [3.63, 3.8) is 0 Å². The predicted molar refractivity (Wildman–Crippen MR) is 71.9 cm³/mol. The summed E-state index contributed by atoms with van der Waals surface area (Å²) in [4.78, 5) is 2.18. The van der Waals surface area contributed by atoms with Crippen LogP contribution in [0.3, 0.4) is 0 Å². The fourth-order valence-electron chi connectivity index (χ4n) is 1.93. The van der Waals surface area contributed by atoms with E-state index in [9.17, 15) is 4.39 Å². The van der Waals surface area contributed by atoms with Crippen LogP contribution in [0.4, 0.5) is 10.1 Å². The van der Waals surface area contributed by atoms with Crippen LogP contribution in [0.2, 0.25) is 0 Å². The van der Waals surface area contributed by atoms with Gasteiger partial charge in [0.2, 0.25) is 0 Å². The van der Waals surface area contributed by atoms with Crippen molar-refractivity contribution in [1.82, 2.24) is 5.32 Å². The maximum Gasteiger partial charge on any atom is 0.123 e. The Morgan fingerprint density at radius 2 is 1.82 bits per heavy atom. The zero-order chi connectivity index (χ0) is 12.8. The van der Waals surface area contributed by atoms with E-state index >= 15 is 0 Å². The van der Waals surface area contributed by atoms with E-state index in [1.54, 1.807) is 0 Å². The van der Waals surface area contributed by atoms with Crippen LogP contribution in [0.5, 0.6) is 0 Å². The molecule has 1 rings (SSSR count). The van der Waals surface area contributed by atoms with Crippen molar-refractivity contribution in [3.8, 4) is 0 Å². The molecule has 96 valence electrons. The summed E-state index contributed by atoms with van der Waals surface area (Å²) in [6.07, 6.45) is 0. The standard InChI is InChI=1S/C14H23FN2/c1-11(2)12(9-16-3)10-17(4)14-7-5-13(15)6-8-14/h5-8,11-12,16H,9-10H2,1-4H3. The smallest absolute Gasteiger partial charge is 0.123 e. The number of rotatable bonds is 6. The van der Waals surface area contributed by atoms with Crippen molar-refractivity contribution in [2.75, 3.05) is 32.1 Å². The number of nitrogens with zero attached hydrogens (tertiary/aromatic N) is 1. The van der Waals surface area contributed by atoms with Crippen LogP contribution in [0.1, 0.15) is 13.8 Å². The third-order valence-electron chi connectivity index (χ3n) is 3.18. The van der Waals surface area contributed by atoms with E-state index < -0.39 is 0 Å². The van der Waals surface area contributed by atoms with Gasteiger partial charge in [-0.25, -0.2) is 4.39 Å². The Morgan fingerprint density at radius 3 is 2.29 bits per heavy atom. The van der Waals surface area contributed by atoms with E-state index in [0.29, 0.717) is 11.8 Å². The van der Waals surface area contributed by atoms with E-state index in [2.05, 4.69) is 31.1 Å². The van der Waals surface area contributed by atoms with E-state index in [0.717, 1.165) is 18.8 Å². The van der Waals surface area contributed by atoms with Gasteiger partial charge in [0.05, 0.1) is 0 Å². The number of anilines is 1. The summed E-state index contributed by atoms with van der Waals surface area (Å²) in [6.45, 7) is 6.45. The molecular formula is C14H23FN2. The van der Waals surface area contributed by atoms with Gasteiger partial charge in [-0.05, 0) is 49.7 Å². The Balaban J connectivity index is 2.63. The molecule has 0 aliphatic carbocycles. The predicted octanol–water partition coefficient (Wildman–Crippen LogP) is 2.75. The minimum absolute atomic E-state index is 0.183. The summed E-state index contributed by atoms with van der Waals surface area (Å²) >= 11 is 0. The monoisotopic (exact) mass is 238 g/mol. The van der Waals surface area contributed by atoms with Crippen molar-refractivity contribution in [2.24, 2.45) is 11.8 Å². The van der Waals surface area contributed by atoms with Crippen LogP contribution < -0.4 is 10.2 Å². The molecule has 3 heteroatoms. The molecule has 1 aromatic rings. The second kappa shape index (κ2) is 6.60. The molecule has 0 saturated heterocycles. The molecule has 2 nitrogen and oxygen atoms in total. The Bertz CT molecular complexity index is 321. The number of halogens is 1. The molecule has 0 spiro atoms. The molecule has 0 radical (unpaired) electrons. The van der Waals surface area contributed by atoms with Crippen LogP contribution in [0, 0.1) is 17.7 Å². The number of hydrogen-bond acceptors (Lipinski definition) is 2. The van der Waals surface area contributed by atoms with Crippen LogP contribution in [-0.2, 0) is 0 Å². The van der Waals surface area contributed by atoms with Gasteiger partial charge >= 0.3 is 0 Å². The molecule has 0 aromatic heterocycles. The highest BCUT2D eigenvalue weighted by Crippen LogP contribution is 2.17. The van der Waals surface area contributed by atoms with Gasteiger partial charge in [-0.2, -0.15) is 0 Å². The quantitative estimate of drug-likeness (QED) is 0.820. The molecular weight excluding hydrogens is 215 g/mol. The first-order valence-corrected chi connectivity index (χ1v) is 6.16. The lowest BCUT2D eigenvalue weighted by Gasteiger charge is -2.28. The summed E-state index contributed by atoms with van der Waals surface area (Å²) < 4.78 is 12.8. The highest BCUT2D eigenvalue weighted by Gasteiger charge is 2.15. The van der Waals surface area contributed by atoms with Gasteiger partial charge in [-0.3, -0.25) is 0 Å². The molecule has 17 heavy (non-hydrogen) atoms. The maximum absolute atomic E-state index is 12.8. The third kappa shape index (κ3) is 4.35. The minimum atomic E-state index is -0.183. The Kier molecular flexibility index (Phi) is 5.42. The zero-order valence-electron chi connectivity index (χ0n) is 11.2. The summed E-state index contributed by atoms with van der Waals surface area (Å²) in [7, 11) is 4.03. The molecule has 1 N–H and O–H groups in total. The van der Waals surface area contributed by atoms with Crippen LogP contribution in [0.25, 0.3) is 0 Å². The maximum atomic E-state index is 12.8. The average molecular weight is 238 g/mol. The number of hydrogen-bond donors (Lipinski definition) is 1. The molecule has 0 fully saturated rings. The van der Waals surface area contributed by atoms with Crippen molar-refractivity contribution in [1.29, 1.82) is 0 Å². The second-order valence-electron chi connectivity index (χ2n) is 4.92. The molecule has 0 amide bonds. The minimum Gasteiger partial charge on any atom is -0.374 e. The third-order valence-corrected chi connectivity index (χ3v) is 3.18. The molecule has 0 aliphatic heterocycles. The molecule has 0 saturated carbocycles. The van der Waals surface area contributed by atoms with Crippen LogP contribution >= 0.6 is 0 Å².